The SMILES string of the molecule is CC(=O)Nc1cccc(N(CCNC(=O)NC2CC2)C(C)=O)c1. The van der Waals surface area contributed by atoms with Gasteiger partial charge in [-0.25, -0.2) is 4.79 Å². The number of nitrogens with zero attached hydrogens (tertiary/aromatic N) is 1. The van der Waals surface area contributed by atoms with E-state index in [9.17, 15) is 14.4 Å². The summed E-state index contributed by atoms with van der Waals surface area (Å²) < 4.78 is 0. The quantitative estimate of drug-likeness (QED) is 0.741. The Hall–Kier alpha value is -2.57. The number of benzene rings is 1. The molecule has 1 saturated carbocycles. The van der Waals surface area contributed by atoms with Crippen LogP contribution in [-0.4, -0.2) is 37.0 Å². The van der Waals surface area contributed by atoms with Gasteiger partial charge in [0.15, 0.2) is 0 Å². The molecule has 1 fully saturated rings. The maximum atomic E-state index is 11.9. The van der Waals surface area contributed by atoms with E-state index in [-0.39, 0.29) is 17.8 Å². The molecule has 0 aromatic heterocycles. The van der Waals surface area contributed by atoms with E-state index in [0.29, 0.717) is 30.5 Å². The van der Waals surface area contributed by atoms with E-state index in [2.05, 4.69) is 16.0 Å². The molecule has 0 heterocycles. The number of hydrogen-bond acceptors (Lipinski definition) is 3. The van der Waals surface area contributed by atoms with E-state index in [0.717, 1.165) is 12.8 Å². The van der Waals surface area contributed by atoms with E-state index in [1.54, 1.807) is 29.2 Å². The standard InChI is InChI=1S/C16H22N4O3/c1-11(21)18-14-4-3-5-15(10-14)20(12(2)22)9-8-17-16(23)19-13-6-7-13/h3-5,10,13H,6-9H2,1-2H3,(H,18,21)(H2,17,19,23). The molecule has 0 atom stereocenters. The van der Waals surface area contributed by atoms with Gasteiger partial charge in [-0.15, -0.1) is 0 Å². The Kier molecular flexibility index (Phi) is 5.56. The highest BCUT2D eigenvalue weighted by molar-refractivity contribution is 5.94. The molecule has 3 N–H and O–H groups in total. The highest BCUT2D eigenvalue weighted by Gasteiger charge is 2.23. The molecule has 2 rings (SSSR count). The van der Waals surface area contributed by atoms with Gasteiger partial charge in [-0.1, -0.05) is 6.07 Å². The van der Waals surface area contributed by atoms with Crippen molar-refractivity contribution in [3.05, 3.63) is 24.3 Å². The number of nitrogens with one attached hydrogen (secondary N) is 3. The van der Waals surface area contributed by atoms with Crippen LogP contribution in [0.25, 0.3) is 0 Å². The average Bonchev–Trinajstić information content (AvgIpc) is 3.26. The predicted molar refractivity (Wildman–Crippen MR) is 88.3 cm³/mol. The van der Waals surface area contributed by atoms with Crippen molar-refractivity contribution < 1.29 is 14.4 Å². The second-order valence-corrected chi connectivity index (χ2v) is 5.58. The fraction of sp³-hybridized carbons (Fsp3) is 0.438. The van der Waals surface area contributed by atoms with Crippen molar-refractivity contribution in [1.82, 2.24) is 10.6 Å². The van der Waals surface area contributed by atoms with Gasteiger partial charge in [-0.05, 0) is 31.0 Å². The number of carbonyl (C=O) groups excluding carboxylic acids is 3. The van der Waals surface area contributed by atoms with E-state index >= 15 is 0 Å². The number of anilines is 2. The zero-order chi connectivity index (χ0) is 16.8. The molecule has 1 aliphatic rings. The van der Waals surface area contributed by atoms with Crippen LogP contribution < -0.4 is 20.9 Å². The lowest BCUT2D eigenvalue weighted by Gasteiger charge is -2.22. The van der Waals surface area contributed by atoms with Crippen LogP contribution in [0.5, 0.6) is 0 Å². The molecule has 1 aliphatic carbocycles. The fourth-order valence-corrected chi connectivity index (χ4v) is 2.17. The van der Waals surface area contributed by atoms with Gasteiger partial charge in [-0.2, -0.15) is 0 Å². The highest BCUT2D eigenvalue weighted by Crippen LogP contribution is 2.20. The summed E-state index contributed by atoms with van der Waals surface area (Å²) in [6.45, 7) is 3.60. The lowest BCUT2D eigenvalue weighted by molar-refractivity contribution is -0.116. The second kappa shape index (κ2) is 7.62. The number of carbonyl (C=O) groups is 3. The molecule has 4 amide bonds. The monoisotopic (exact) mass is 318 g/mol. The summed E-state index contributed by atoms with van der Waals surface area (Å²) >= 11 is 0. The molecule has 1 aromatic rings. The molecule has 7 nitrogen and oxygen atoms in total. The molecule has 124 valence electrons. The second-order valence-electron chi connectivity index (χ2n) is 5.58. The van der Waals surface area contributed by atoms with Gasteiger partial charge in [0.1, 0.15) is 0 Å². The van der Waals surface area contributed by atoms with Crippen molar-refractivity contribution in [1.29, 1.82) is 0 Å². The molecular weight excluding hydrogens is 296 g/mol. The first kappa shape index (κ1) is 16.8. The molecule has 1 aromatic carbocycles. The summed E-state index contributed by atoms with van der Waals surface area (Å²) in [5.74, 6) is -0.302. The van der Waals surface area contributed by atoms with Crippen LogP contribution in [0.1, 0.15) is 26.7 Å². The van der Waals surface area contributed by atoms with Crippen LogP contribution in [0.3, 0.4) is 0 Å². The third kappa shape index (κ3) is 5.61. The first-order valence-corrected chi connectivity index (χ1v) is 7.66. The molecule has 0 spiro atoms. The normalized spacial score (nSPS) is 13.1. The molecule has 0 saturated heterocycles. The van der Waals surface area contributed by atoms with Crippen molar-refractivity contribution in [2.75, 3.05) is 23.3 Å². The first-order valence-electron chi connectivity index (χ1n) is 7.66. The fourth-order valence-electron chi connectivity index (χ4n) is 2.17. The van der Waals surface area contributed by atoms with Gasteiger partial charge in [0.2, 0.25) is 11.8 Å². The Morgan fingerprint density at radius 3 is 2.57 bits per heavy atom. The lowest BCUT2D eigenvalue weighted by atomic mass is 10.2. The van der Waals surface area contributed by atoms with Gasteiger partial charge < -0.3 is 20.9 Å². The highest BCUT2D eigenvalue weighted by atomic mass is 16.2. The third-order valence-corrected chi connectivity index (χ3v) is 3.39. The van der Waals surface area contributed by atoms with E-state index in [1.807, 2.05) is 0 Å². The van der Waals surface area contributed by atoms with E-state index in [4.69, 9.17) is 0 Å². The van der Waals surface area contributed by atoms with Crippen molar-refractivity contribution in [3.63, 3.8) is 0 Å². The minimum absolute atomic E-state index is 0.130. The largest absolute Gasteiger partial charge is 0.336 e. The zero-order valence-corrected chi connectivity index (χ0v) is 13.4. The summed E-state index contributed by atoms with van der Waals surface area (Å²) in [6.07, 6.45) is 2.06. The van der Waals surface area contributed by atoms with Crippen LogP contribution in [-0.2, 0) is 9.59 Å². The molecule has 0 radical (unpaired) electrons. The van der Waals surface area contributed by atoms with Crippen LogP contribution >= 0.6 is 0 Å². The molecule has 0 bridgehead atoms. The topological polar surface area (TPSA) is 90.5 Å². The zero-order valence-electron chi connectivity index (χ0n) is 13.4. The van der Waals surface area contributed by atoms with Crippen molar-refractivity contribution in [2.45, 2.75) is 32.7 Å². The van der Waals surface area contributed by atoms with Crippen molar-refractivity contribution >= 4 is 29.2 Å². The smallest absolute Gasteiger partial charge is 0.315 e. The Balaban J connectivity index is 1.93. The van der Waals surface area contributed by atoms with E-state index < -0.39 is 0 Å². The minimum Gasteiger partial charge on any atom is -0.336 e. The maximum Gasteiger partial charge on any atom is 0.315 e. The number of hydrogen-bond donors (Lipinski definition) is 3. The summed E-state index contributed by atoms with van der Waals surface area (Å²) in [4.78, 5) is 36.1. The Labute approximate surface area is 135 Å². The predicted octanol–water partition coefficient (Wildman–Crippen LogP) is 1.46. The molecular formula is C16H22N4O3. The number of urea groups is 1. The van der Waals surface area contributed by atoms with Gasteiger partial charge >= 0.3 is 6.03 Å². The van der Waals surface area contributed by atoms with Crippen LogP contribution in [0.15, 0.2) is 24.3 Å². The van der Waals surface area contributed by atoms with Gasteiger partial charge in [0, 0.05) is 44.4 Å². The first-order chi connectivity index (χ1) is 11.0. The third-order valence-electron chi connectivity index (χ3n) is 3.39. The lowest BCUT2D eigenvalue weighted by Crippen LogP contribution is -2.42. The van der Waals surface area contributed by atoms with Crippen LogP contribution in [0.2, 0.25) is 0 Å². The average molecular weight is 318 g/mol. The summed E-state index contributed by atoms with van der Waals surface area (Å²) in [5.41, 5.74) is 1.30. The minimum atomic E-state index is -0.206. The van der Waals surface area contributed by atoms with Crippen molar-refractivity contribution in [3.8, 4) is 0 Å². The Morgan fingerprint density at radius 1 is 1.22 bits per heavy atom. The van der Waals surface area contributed by atoms with Crippen LogP contribution in [0, 0.1) is 0 Å². The van der Waals surface area contributed by atoms with Gasteiger partial charge in [0.25, 0.3) is 0 Å². The molecule has 23 heavy (non-hydrogen) atoms. The van der Waals surface area contributed by atoms with Gasteiger partial charge in [0.05, 0.1) is 0 Å². The van der Waals surface area contributed by atoms with Crippen LogP contribution in [0.4, 0.5) is 16.2 Å². The molecule has 0 unspecified atom stereocenters. The summed E-state index contributed by atoms with van der Waals surface area (Å²) in [5, 5.41) is 8.25. The summed E-state index contributed by atoms with van der Waals surface area (Å²) in [7, 11) is 0. The Morgan fingerprint density at radius 2 is 1.96 bits per heavy atom. The maximum absolute atomic E-state index is 11.9. The van der Waals surface area contributed by atoms with Gasteiger partial charge in [-0.3, -0.25) is 9.59 Å². The number of rotatable bonds is 6. The molecule has 0 aliphatic heterocycles. The van der Waals surface area contributed by atoms with E-state index in [1.165, 1.54) is 13.8 Å². The summed E-state index contributed by atoms with van der Waals surface area (Å²) in [6, 6.07) is 7.13. The van der Waals surface area contributed by atoms with Crippen molar-refractivity contribution in [2.24, 2.45) is 0 Å². The Bertz CT molecular complexity index is 599. The molecule has 7 heteroatoms. The number of amides is 4.